The first-order valence-electron chi connectivity index (χ1n) is 6.83. The fourth-order valence-electron chi connectivity index (χ4n) is 2.25. The van der Waals surface area contributed by atoms with Gasteiger partial charge in [-0.1, -0.05) is 0 Å². The monoisotopic (exact) mass is 277 g/mol. The number of nitrogens with zero attached hydrogens (tertiary/aromatic N) is 2. The number of anilines is 1. The summed E-state index contributed by atoms with van der Waals surface area (Å²) in [6.45, 7) is 3.19. The molecule has 1 aliphatic rings. The third-order valence-corrected chi connectivity index (χ3v) is 3.27. The molecule has 2 rings (SSSR count). The van der Waals surface area contributed by atoms with Crippen molar-refractivity contribution >= 4 is 17.7 Å². The summed E-state index contributed by atoms with van der Waals surface area (Å²) in [5.41, 5.74) is 0.721. The molecule has 20 heavy (non-hydrogen) atoms. The van der Waals surface area contributed by atoms with Crippen LogP contribution in [0.2, 0.25) is 0 Å². The average molecular weight is 277 g/mol. The lowest BCUT2D eigenvalue weighted by Crippen LogP contribution is -2.44. The van der Waals surface area contributed by atoms with Crippen molar-refractivity contribution < 1.29 is 14.3 Å². The predicted molar refractivity (Wildman–Crippen MR) is 74.2 cm³/mol. The number of rotatable bonds is 3. The zero-order valence-corrected chi connectivity index (χ0v) is 11.5. The van der Waals surface area contributed by atoms with Crippen molar-refractivity contribution in [3.63, 3.8) is 0 Å². The Labute approximate surface area is 118 Å². The minimum Gasteiger partial charge on any atom is -0.450 e. The molecule has 0 bridgehead atoms. The summed E-state index contributed by atoms with van der Waals surface area (Å²) < 4.78 is 4.97. The summed E-state index contributed by atoms with van der Waals surface area (Å²) in [7, 11) is 0. The molecule has 0 saturated carbocycles. The molecular weight excluding hydrogens is 258 g/mol. The van der Waals surface area contributed by atoms with Crippen LogP contribution in [0.3, 0.4) is 0 Å². The highest BCUT2D eigenvalue weighted by atomic mass is 16.6. The molecule has 0 unspecified atom stereocenters. The number of piperidine rings is 1. The van der Waals surface area contributed by atoms with Gasteiger partial charge in [-0.05, 0) is 31.9 Å². The molecule has 1 fully saturated rings. The zero-order chi connectivity index (χ0) is 14.4. The van der Waals surface area contributed by atoms with Gasteiger partial charge < -0.3 is 15.0 Å². The Morgan fingerprint density at radius 2 is 2.20 bits per heavy atom. The second-order valence-corrected chi connectivity index (χ2v) is 4.71. The molecular formula is C14H19N3O3. The molecule has 2 heterocycles. The summed E-state index contributed by atoms with van der Waals surface area (Å²) in [6, 6.07) is 3.48. The minimum atomic E-state index is -0.339. The molecule has 0 spiro atoms. The summed E-state index contributed by atoms with van der Waals surface area (Å²) in [6.07, 6.45) is 4.51. The van der Waals surface area contributed by atoms with Crippen molar-refractivity contribution in [3.05, 3.63) is 24.5 Å². The van der Waals surface area contributed by atoms with Gasteiger partial charge in [0.05, 0.1) is 12.5 Å². The lowest BCUT2D eigenvalue weighted by Gasteiger charge is -2.31. The maximum Gasteiger partial charge on any atom is 0.409 e. The van der Waals surface area contributed by atoms with Crippen LogP contribution in [0.25, 0.3) is 0 Å². The van der Waals surface area contributed by atoms with Crippen LogP contribution in [0, 0.1) is 5.92 Å². The number of carbonyl (C=O) groups excluding carboxylic acids is 2. The molecule has 1 aromatic heterocycles. The second-order valence-electron chi connectivity index (χ2n) is 4.71. The first-order valence-corrected chi connectivity index (χ1v) is 6.83. The van der Waals surface area contributed by atoms with Crippen LogP contribution >= 0.6 is 0 Å². The largest absolute Gasteiger partial charge is 0.450 e. The quantitative estimate of drug-likeness (QED) is 0.915. The summed E-state index contributed by atoms with van der Waals surface area (Å²) in [4.78, 5) is 29.4. The molecule has 0 aliphatic carbocycles. The standard InChI is InChI=1S/C14H19N3O3/c1-2-20-14(19)17-9-3-4-11(10-17)13(18)16-12-5-7-15-8-6-12/h5-8,11H,2-4,9-10H2,1H3,(H,15,16,18)/t11-/m0/s1. The molecule has 1 aliphatic heterocycles. The van der Waals surface area contributed by atoms with E-state index in [4.69, 9.17) is 4.74 Å². The normalized spacial score (nSPS) is 18.4. The first kappa shape index (κ1) is 14.3. The number of hydrogen-bond acceptors (Lipinski definition) is 4. The van der Waals surface area contributed by atoms with Crippen LogP contribution in [-0.4, -0.2) is 41.6 Å². The molecule has 108 valence electrons. The van der Waals surface area contributed by atoms with Crippen LogP contribution in [0.1, 0.15) is 19.8 Å². The van der Waals surface area contributed by atoms with Gasteiger partial charge in [-0.2, -0.15) is 0 Å². The first-order chi connectivity index (χ1) is 9.70. The smallest absolute Gasteiger partial charge is 0.409 e. The highest BCUT2D eigenvalue weighted by Gasteiger charge is 2.29. The summed E-state index contributed by atoms with van der Waals surface area (Å²) >= 11 is 0. The van der Waals surface area contributed by atoms with Crippen LogP contribution in [0.4, 0.5) is 10.5 Å². The Morgan fingerprint density at radius 3 is 2.90 bits per heavy atom. The molecule has 1 atom stereocenters. The number of nitrogens with one attached hydrogen (secondary N) is 1. The van der Waals surface area contributed by atoms with E-state index < -0.39 is 0 Å². The maximum atomic E-state index is 12.2. The van der Waals surface area contributed by atoms with E-state index in [9.17, 15) is 9.59 Å². The number of ether oxygens (including phenoxy) is 1. The Kier molecular flexibility index (Phi) is 4.92. The molecule has 1 N–H and O–H groups in total. The number of pyridine rings is 1. The number of hydrogen-bond donors (Lipinski definition) is 1. The van der Waals surface area contributed by atoms with Gasteiger partial charge >= 0.3 is 6.09 Å². The maximum absolute atomic E-state index is 12.2. The minimum absolute atomic E-state index is 0.0646. The van der Waals surface area contributed by atoms with E-state index in [0.717, 1.165) is 18.5 Å². The Hall–Kier alpha value is -2.11. The molecule has 2 amide bonds. The fourth-order valence-corrected chi connectivity index (χ4v) is 2.25. The molecule has 6 heteroatoms. The van der Waals surface area contributed by atoms with Crippen molar-refractivity contribution in [1.82, 2.24) is 9.88 Å². The van der Waals surface area contributed by atoms with Gasteiger partial charge in [0.2, 0.25) is 5.91 Å². The van der Waals surface area contributed by atoms with Crippen molar-refractivity contribution in [2.75, 3.05) is 25.0 Å². The number of amides is 2. The van der Waals surface area contributed by atoms with Gasteiger partial charge in [0.1, 0.15) is 0 Å². The van der Waals surface area contributed by atoms with Crippen molar-refractivity contribution in [2.24, 2.45) is 5.92 Å². The van der Waals surface area contributed by atoms with Crippen molar-refractivity contribution in [2.45, 2.75) is 19.8 Å². The Morgan fingerprint density at radius 1 is 1.45 bits per heavy atom. The van der Waals surface area contributed by atoms with E-state index in [-0.39, 0.29) is 17.9 Å². The molecule has 1 aromatic rings. The van der Waals surface area contributed by atoms with Crippen molar-refractivity contribution in [3.8, 4) is 0 Å². The Balaban J connectivity index is 1.91. The van der Waals surface area contributed by atoms with Gasteiger partial charge in [0.15, 0.2) is 0 Å². The highest BCUT2D eigenvalue weighted by molar-refractivity contribution is 5.92. The van der Waals surface area contributed by atoms with E-state index in [1.165, 1.54) is 0 Å². The van der Waals surface area contributed by atoms with E-state index in [1.807, 2.05) is 0 Å². The van der Waals surface area contributed by atoms with Gasteiger partial charge in [0.25, 0.3) is 0 Å². The highest BCUT2D eigenvalue weighted by Crippen LogP contribution is 2.19. The predicted octanol–water partition coefficient (Wildman–Crippen LogP) is 1.89. The molecule has 0 radical (unpaired) electrons. The lowest BCUT2D eigenvalue weighted by molar-refractivity contribution is -0.121. The summed E-state index contributed by atoms with van der Waals surface area (Å²) in [5.74, 6) is -0.258. The van der Waals surface area contributed by atoms with Gasteiger partial charge in [0, 0.05) is 31.2 Å². The zero-order valence-electron chi connectivity index (χ0n) is 11.5. The fraction of sp³-hybridized carbons (Fsp3) is 0.500. The summed E-state index contributed by atoms with van der Waals surface area (Å²) in [5, 5.41) is 2.85. The van der Waals surface area contributed by atoms with Crippen LogP contribution < -0.4 is 5.32 Å². The third kappa shape index (κ3) is 3.69. The second kappa shape index (κ2) is 6.88. The van der Waals surface area contributed by atoms with Gasteiger partial charge in [-0.3, -0.25) is 9.78 Å². The molecule has 1 saturated heterocycles. The number of carbonyl (C=O) groups is 2. The SMILES string of the molecule is CCOC(=O)N1CCC[C@H](C(=O)Nc2ccncc2)C1. The van der Waals surface area contributed by atoms with Crippen LogP contribution in [0.5, 0.6) is 0 Å². The Bertz CT molecular complexity index is 464. The van der Waals surface area contributed by atoms with E-state index in [2.05, 4.69) is 10.3 Å². The van der Waals surface area contributed by atoms with Crippen LogP contribution in [-0.2, 0) is 9.53 Å². The van der Waals surface area contributed by atoms with Crippen molar-refractivity contribution in [1.29, 1.82) is 0 Å². The van der Waals surface area contributed by atoms with E-state index >= 15 is 0 Å². The average Bonchev–Trinajstić information content (AvgIpc) is 2.48. The van der Waals surface area contributed by atoms with E-state index in [1.54, 1.807) is 36.4 Å². The number of aromatic nitrogens is 1. The van der Waals surface area contributed by atoms with Gasteiger partial charge in [-0.25, -0.2) is 4.79 Å². The van der Waals surface area contributed by atoms with E-state index in [0.29, 0.717) is 19.7 Å². The number of likely N-dealkylation sites (tertiary alicyclic amines) is 1. The third-order valence-electron chi connectivity index (χ3n) is 3.27. The molecule has 6 nitrogen and oxygen atoms in total. The molecule has 0 aromatic carbocycles. The lowest BCUT2D eigenvalue weighted by atomic mass is 9.97. The van der Waals surface area contributed by atoms with Gasteiger partial charge in [-0.15, -0.1) is 0 Å². The topological polar surface area (TPSA) is 71.5 Å². The van der Waals surface area contributed by atoms with Crippen LogP contribution in [0.15, 0.2) is 24.5 Å².